The summed E-state index contributed by atoms with van der Waals surface area (Å²) >= 11 is 0. The Morgan fingerprint density at radius 2 is 1.67 bits per heavy atom. The van der Waals surface area contributed by atoms with Crippen LogP contribution in [0.3, 0.4) is 0 Å². The summed E-state index contributed by atoms with van der Waals surface area (Å²) in [5.41, 5.74) is 3.67. The van der Waals surface area contributed by atoms with Crippen LogP contribution in [-0.2, 0) is 16.1 Å². The molecule has 0 spiro atoms. The normalized spacial score (nSPS) is 10.7. The van der Waals surface area contributed by atoms with Crippen LogP contribution in [-0.4, -0.2) is 22.0 Å². The molecule has 2 aromatic heterocycles. The maximum Gasteiger partial charge on any atom is 0.344 e. The molecule has 0 aliphatic rings. The first-order chi connectivity index (χ1) is 14.6. The number of aryl methyl sites for hydroxylation is 1. The van der Waals surface area contributed by atoms with E-state index in [2.05, 4.69) is 4.98 Å². The monoisotopic (exact) mass is 400 g/mol. The van der Waals surface area contributed by atoms with Crippen molar-refractivity contribution in [2.75, 3.05) is 6.61 Å². The Balaban J connectivity index is 1.33. The van der Waals surface area contributed by atoms with Crippen LogP contribution in [0.15, 0.2) is 83.7 Å². The molecule has 0 atom stereocenters. The molecule has 0 aliphatic carbocycles. The zero-order valence-electron chi connectivity index (χ0n) is 16.4. The Hall–Kier alpha value is -3.93. The van der Waals surface area contributed by atoms with E-state index in [0.717, 1.165) is 16.8 Å². The third kappa shape index (κ3) is 4.38. The van der Waals surface area contributed by atoms with Gasteiger partial charge >= 0.3 is 5.97 Å². The molecule has 30 heavy (non-hydrogen) atoms. The van der Waals surface area contributed by atoms with Gasteiger partial charge in [-0.25, -0.2) is 9.78 Å². The van der Waals surface area contributed by atoms with E-state index in [-0.39, 0.29) is 18.8 Å². The highest BCUT2D eigenvalue weighted by atomic mass is 16.6. The summed E-state index contributed by atoms with van der Waals surface area (Å²) in [7, 11) is 0. The smallest absolute Gasteiger partial charge is 0.344 e. The van der Waals surface area contributed by atoms with E-state index < -0.39 is 5.97 Å². The number of benzene rings is 2. The molecule has 0 saturated heterocycles. The molecule has 0 N–H and O–H groups in total. The highest BCUT2D eigenvalue weighted by Gasteiger charge is 2.09. The maximum atomic E-state index is 12.3. The van der Waals surface area contributed by atoms with Crippen molar-refractivity contribution in [2.45, 2.75) is 13.5 Å². The Morgan fingerprint density at radius 1 is 0.933 bits per heavy atom. The van der Waals surface area contributed by atoms with Crippen molar-refractivity contribution in [2.24, 2.45) is 0 Å². The van der Waals surface area contributed by atoms with Crippen molar-refractivity contribution in [1.82, 2.24) is 9.38 Å². The topological polar surface area (TPSA) is 69.9 Å². The number of fused-ring (bicyclic) bond motifs is 1. The van der Waals surface area contributed by atoms with Gasteiger partial charge in [0.1, 0.15) is 18.0 Å². The van der Waals surface area contributed by atoms with Crippen molar-refractivity contribution in [3.8, 4) is 16.9 Å². The summed E-state index contributed by atoms with van der Waals surface area (Å²) in [6.07, 6.45) is 0. The van der Waals surface area contributed by atoms with Gasteiger partial charge in [-0.1, -0.05) is 48.5 Å². The third-order valence-electron chi connectivity index (χ3n) is 4.63. The zero-order valence-corrected chi connectivity index (χ0v) is 16.4. The van der Waals surface area contributed by atoms with E-state index in [1.807, 2.05) is 73.7 Å². The molecule has 0 aliphatic heterocycles. The van der Waals surface area contributed by atoms with E-state index in [1.165, 1.54) is 10.5 Å². The molecule has 2 heterocycles. The molecule has 0 radical (unpaired) electrons. The van der Waals surface area contributed by atoms with Gasteiger partial charge in [0, 0.05) is 11.8 Å². The van der Waals surface area contributed by atoms with Gasteiger partial charge in [0.15, 0.2) is 6.61 Å². The fourth-order valence-corrected chi connectivity index (χ4v) is 3.15. The number of carbonyl (C=O) groups is 1. The van der Waals surface area contributed by atoms with Crippen molar-refractivity contribution in [3.05, 3.63) is 101 Å². The molecule has 0 fully saturated rings. The average molecular weight is 400 g/mol. The van der Waals surface area contributed by atoms with Gasteiger partial charge in [-0.3, -0.25) is 9.20 Å². The summed E-state index contributed by atoms with van der Waals surface area (Å²) in [4.78, 5) is 28.7. The number of nitrogens with zero attached hydrogens (tertiary/aromatic N) is 2. The van der Waals surface area contributed by atoms with Gasteiger partial charge < -0.3 is 9.47 Å². The first-order valence-electron chi connectivity index (χ1n) is 9.52. The average Bonchev–Trinajstić information content (AvgIpc) is 2.77. The summed E-state index contributed by atoms with van der Waals surface area (Å²) in [6, 6.07) is 24.2. The van der Waals surface area contributed by atoms with Gasteiger partial charge in [0.2, 0.25) is 0 Å². The molecule has 4 aromatic rings. The molecule has 150 valence electrons. The fourth-order valence-electron chi connectivity index (χ4n) is 3.15. The molecule has 0 bridgehead atoms. The second kappa shape index (κ2) is 8.61. The summed E-state index contributed by atoms with van der Waals surface area (Å²) in [5.74, 6) is 0.0394. The highest BCUT2D eigenvalue weighted by molar-refractivity contribution is 5.71. The van der Waals surface area contributed by atoms with Crippen LogP contribution in [0.1, 0.15) is 11.4 Å². The number of aromatic nitrogens is 2. The second-order valence-electron chi connectivity index (χ2n) is 6.79. The Morgan fingerprint density at radius 3 is 2.43 bits per heavy atom. The number of pyridine rings is 1. The number of rotatable bonds is 6. The maximum absolute atomic E-state index is 12.3. The SMILES string of the molecule is Cc1cccc2nc(COC(=O)COc3ccc(-c4ccccc4)cc3)cc(=O)n12. The molecular formula is C24H20N2O4. The van der Waals surface area contributed by atoms with Gasteiger partial charge in [-0.15, -0.1) is 0 Å². The van der Waals surface area contributed by atoms with Crippen LogP contribution >= 0.6 is 0 Å². The van der Waals surface area contributed by atoms with E-state index >= 15 is 0 Å². The van der Waals surface area contributed by atoms with E-state index in [4.69, 9.17) is 9.47 Å². The largest absolute Gasteiger partial charge is 0.482 e. The lowest BCUT2D eigenvalue weighted by Crippen LogP contribution is -2.19. The van der Waals surface area contributed by atoms with Gasteiger partial charge in [0.05, 0.1) is 5.69 Å². The minimum Gasteiger partial charge on any atom is -0.482 e. The first kappa shape index (κ1) is 19.4. The standard InChI is InChI=1S/C24H20N2O4/c1-17-6-5-9-22-25-20(14-23(27)26(17)22)15-30-24(28)16-29-21-12-10-19(11-13-21)18-7-3-2-4-8-18/h2-14H,15-16H2,1H3. The quantitative estimate of drug-likeness (QED) is 0.461. The van der Waals surface area contributed by atoms with E-state index in [0.29, 0.717) is 17.1 Å². The minimum absolute atomic E-state index is 0.0885. The van der Waals surface area contributed by atoms with Gasteiger partial charge in [-0.05, 0) is 42.3 Å². The molecular weight excluding hydrogens is 380 g/mol. The fraction of sp³-hybridized carbons (Fsp3) is 0.125. The molecule has 6 nitrogen and oxygen atoms in total. The second-order valence-corrected chi connectivity index (χ2v) is 6.79. The number of ether oxygens (including phenoxy) is 2. The van der Waals surface area contributed by atoms with Crippen molar-refractivity contribution >= 4 is 11.6 Å². The van der Waals surface area contributed by atoms with Crippen LogP contribution < -0.4 is 10.3 Å². The Kier molecular flexibility index (Phi) is 5.57. The lowest BCUT2D eigenvalue weighted by atomic mass is 10.1. The molecule has 0 amide bonds. The molecule has 2 aromatic carbocycles. The predicted octanol–water partition coefficient (Wildman–Crippen LogP) is 3.79. The third-order valence-corrected chi connectivity index (χ3v) is 4.63. The Labute approximate surface area is 173 Å². The van der Waals surface area contributed by atoms with Gasteiger partial charge in [-0.2, -0.15) is 0 Å². The van der Waals surface area contributed by atoms with Crippen LogP contribution in [0.5, 0.6) is 5.75 Å². The number of carbonyl (C=O) groups excluding carboxylic acids is 1. The van der Waals surface area contributed by atoms with E-state index in [9.17, 15) is 9.59 Å². The molecule has 6 heteroatoms. The predicted molar refractivity (Wildman–Crippen MR) is 113 cm³/mol. The zero-order chi connectivity index (χ0) is 20.9. The Bertz CT molecular complexity index is 1230. The number of esters is 1. The summed E-state index contributed by atoms with van der Waals surface area (Å²) in [5, 5.41) is 0. The minimum atomic E-state index is -0.534. The van der Waals surface area contributed by atoms with Crippen LogP contribution in [0, 0.1) is 6.92 Å². The molecule has 0 saturated carbocycles. The lowest BCUT2D eigenvalue weighted by molar-refractivity contribution is -0.147. The lowest BCUT2D eigenvalue weighted by Gasteiger charge is -2.09. The summed E-state index contributed by atoms with van der Waals surface area (Å²) in [6.45, 7) is 1.52. The molecule has 0 unspecified atom stereocenters. The number of hydrogen-bond acceptors (Lipinski definition) is 5. The number of hydrogen-bond donors (Lipinski definition) is 0. The van der Waals surface area contributed by atoms with Crippen LogP contribution in [0.2, 0.25) is 0 Å². The summed E-state index contributed by atoms with van der Waals surface area (Å²) < 4.78 is 12.2. The first-order valence-corrected chi connectivity index (χ1v) is 9.52. The van der Waals surface area contributed by atoms with Crippen molar-refractivity contribution in [3.63, 3.8) is 0 Å². The molecule has 4 rings (SSSR count). The van der Waals surface area contributed by atoms with Gasteiger partial charge in [0.25, 0.3) is 5.56 Å². The van der Waals surface area contributed by atoms with Crippen LogP contribution in [0.4, 0.5) is 0 Å². The highest BCUT2D eigenvalue weighted by Crippen LogP contribution is 2.22. The van der Waals surface area contributed by atoms with Crippen molar-refractivity contribution in [1.29, 1.82) is 0 Å². The van der Waals surface area contributed by atoms with Crippen LogP contribution in [0.25, 0.3) is 16.8 Å². The van der Waals surface area contributed by atoms with E-state index in [1.54, 1.807) is 6.07 Å². The van der Waals surface area contributed by atoms with Crippen molar-refractivity contribution < 1.29 is 14.3 Å².